The van der Waals surface area contributed by atoms with Crippen LogP contribution in [0, 0.1) is 0 Å². The molecule has 3 heteroatoms. The second kappa shape index (κ2) is 3.32. The van der Waals surface area contributed by atoms with Crippen LogP contribution in [0.1, 0.15) is 19.8 Å². The first-order valence-corrected chi connectivity index (χ1v) is 3.61. The van der Waals surface area contributed by atoms with Gasteiger partial charge in [-0.15, -0.1) is 0 Å². The highest BCUT2D eigenvalue weighted by Gasteiger charge is 2.12. The summed E-state index contributed by atoms with van der Waals surface area (Å²) in [7, 11) is 0. The minimum absolute atomic E-state index is 0.204. The second-order valence-corrected chi connectivity index (χ2v) is 2.54. The number of cyclic esters (lactones) is 1. The van der Waals surface area contributed by atoms with E-state index in [1.54, 1.807) is 6.92 Å². The maximum absolute atomic E-state index is 10.9. The lowest BCUT2D eigenvalue weighted by Gasteiger charge is -2.01. The Labute approximate surface area is 65.8 Å². The Morgan fingerprint density at radius 3 is 3.09 bits per heavy atom. The summed E-state index contributed by atoms with van der Waals surface area (Å²) in [5, 5.41) is 0. The summed E-state index contributed by atoms with van der Waals surface area (Å²) in [5.41, 5.74) is 0.709. The molecule has 1 rings (SSSR count). The molecule has 1 heterocycles. The zero-order valence-corrected chi connectivity index (χ0v) is 6.59. The molecule has 0 amide bonds. The molecule has 0 N–H and O–H groups in total. The number of ether oxygens (including phenoxy) is 1. The molecule has 0 bridgehead atoms. The second-order valence-electron chi connectivity index (χ2n) is 2.54. The van der Waals surface area contributed by atoms with Crippen LogP contribution in [0.5, 0.6) is 0 Å². The van der Waals surface area contributed by atoms with Crippen LogP contribution in [-0.2, 0) is 9.53 Å². The number of nitrogens with zero attached hydrogens (tertiary/aromatic N) is 1. The minimum atomic E-state index is -0.204. The van der Waals surface area contributed by atoms with Crippen molar-refractivity contribution in [2.24, 2.45) is 4.99 Å². The van der Waals surface area contributed by atoms with E-state index in [-0.39, 0.29) is 5.97 Å². The van der Waals surface area contributed by atoms with Gasteiger partial charge in [0.1, 0.15) is 0 Å². The van der Waals surface area contributed by atoms with Crippen molar-refractivity contribution < 1.29 is 9.53 Å². The molecule has 0 unspecified atom stereocenters. The van der Waals surface area contributed by atoms with Crippen molar-refractivity contribution in [3.05, 3.63) is 12.2 Å². The predicted octanol–water partition coefficient (Wildman–Crippen LogP) is 1.30. The molecule has 0 radical (unpaired) electrons. The molecule has 3 nitrogen and oxygen atoms in total. The molecule has 0 aromatic heterocycles. The van der Waals surface area contributed by atoms with Gasteiger partial charge in [0, 0.05) is 18.5 Å². The highest BCUT2D eigenvalue weighted by atomic mass is 16.5. The lowest BCUT2D eigenvalue weighted by Crippen LogP contribution is -2.10. The van der Waals surface area contributed by atoms with Crippen LogP contribution in [-0.4, -0.2) is 18.4 Å². The SMILES string of the molecule is C=C(C)C1=NCCCC(=O)O1. The van der Waals surface area contributed by atoms with Gasteiger partial charge >= 0.3 is 5.97 Å². The van der Waals surface area contributed by atoms with Crippen LogP contribution in [0.4, 0.5) is 0 Å². The van der Waals surface area contributed by atoms with E-state index >= 15 is 0 Å². The minimum Gasteiger partial charge on any atom is -0.408 e. The number of carbonyl (C=O) groups excluding carboxylic acids is 1. The summed E-state index contributed by atoms with van der Waals surface area (Å²) in [6.07, 6.45) is 1.23. The first kappa shape index (κ1) is 7.98. The van der Waals surface area contributed by atoms with Gasteiger partial charge in [0.05, 0.1) is 0 Å². The van der Waals surface area contributed by atoms with Crippen molar-refractivity contribution in [2.75, 3.05) is 6.54 Å². The number of carbonyl (C=O) groups is 1. The third kappa shape index (κ3) is 2.18. The van der Waals surface area contributed by atoms with E-state index in [1.807, 2.05) is 0 Å². The van der Waals surface area contributed by atoms with Crippen molar-refractivity contribution in [1.29, 1.82) is 0 Å². The molecule has 0 saturated carbocycles. The quantitative estimate of drug-likeness (QED) is 0.532. The van der Waals surface area contributed by atoms with Crippen LogP contribution in [0.15, 0.2) is 17.1 Å². The Morgan fingerprint density at radius 1 is 1.73 bits per heavy atom. The highest BCUT2D eigenvalue weighted by Crippen LogP contribution is 2.05. The Bertz CT molecular complexity index is 218. The zero-order chi connectivity index (χ0) is 8.27. The lowest BCUT2D eigenvalue weighted by atomic mass is 10.3. The molecule has 60 valence electrons. The van der Waals surface area contributed by atoms with Gasteiger partial charge in [-0.25, -0.2) is 0 Å². The first-order chi connectivity index (χ1) is 5.20. The lowest BCUT2D eigenvalue weighted by molar-refractivity contribution is -0.135. The normalized spacial score (nSPS) is 18.3. The summed E-state index contributed by atoms with van der Waals surface area (Å²) in [6.45, 7) is 6.08. The number of hydrogen-bond donors (Lipinski definition) is 0. The monoisotopic (exact) mass is 153 g/mol. The summed E-state index contributed by atoms with van der Waals surface area (Å²) >= 11 is 0. The number of hydrogen-bond acceptors (Lipinski definition) is 3. The molecule has 0 aromatic carbocycles. The van der Waals surface area contributed by atoms with E-state index < -0.39 is 0 Å². The van der Waals surface area contributed by atoms with Gasteiger partial charge in [0.25, 0.3) is 0 Å². The Balaban J connectivity index is 2.69. The van der Waals surface area contributed by atoms with Crippen molar-refractivity contribution in [1.82, 2.24) is 0 Å². The first-order valence-electron chi connectivity index (χ1n) is 3.61. The molecule has 0 spiro atoms. The highest BCUT2D eigenvalue weighted by molar-refractivity contribution is 5.99. The number of rotatable bonds is 1. The molecular weight excluding hydrogens is 142 g/mol. The Morgan fingerprint density at radius 2 is 2.45 bits per heavy atom. The molecule has 0 atom stereocenters. The Hall–Kier alpha value is -1.12. The molecule has 0 aliphatic carbocycles. The van der Waals surface area contributed by atoms with Gasteiger partial charge in [-0.3, -0.25) is 9.79 Å². The van der Waals surface area contributed by atoms with Crippen LogP contribution >= 0.6 is 0 Å². The molecular formula is C8H11NO2. The smallest absolute Gasteiger partial charge is 0.312 e. The van der Waals surface area contributed by atoms with Gasteiger partial charge in [-0.2, -0.15) is 0 Å². The van der Waals surface area contributed by atoms with Crippen molar-refractivity contribution in [2.45, 2.75) is 19.8 Å². The van der Waals surface area contributed by atoms with Gasteiger partial charge in [0.15, 0.2) is 0 Å². The summed E-state index contributed by atoms with van der Waals surface area (Å²) in [6, 6.07) is 0. The number of esters is 1. The van der Waals surface area contributed by atoms with E-state index in [1.165, 1.54) is 0 Å². The maximum Gasteiger partial charge on any atom is 0.312 e. The van der Waals surface area contributed by atoms with Gasteiger partial charge in [-0.1, -0.05) is 6.58 Å². The molecule has 1 aliphatic heterocycles. The standard InChI is InChI=1S/C8H11NO2/c1-6(2)8-9-5-3-4-7(10)11-8/h1,3-5H2,2H3. The van der Waals surface area contributed by atoms with Gasteiger partial charge in [0.2, 0.25) is 5.90 Å². The van der Waals surface area contributed by atoms with E-state index in [9.17, 15) is 4.79 Å². The van der Waals surface area contributed by atoms with E-state index in [0.29, 0.717) is 24.4 Å². The average molecular weight is 153 g/mol. The fraction of sp³-hybridized carbons (Fsp3) is 0.500. The van der Waals surface area contributed by atoms with Crippen LogP contribution in [0.2, 0.25) is 0 Å². The molecule has 11 heavy (non-hydrogen) atoms. The van der Waals surface area contributed by atoms with Crippen molar-refractivity contribution in [3.8, 4) is 0 Å². The fourth-order valence-electron chi connectivity index (χ4n) is 0.817. The van der Waals surface area contributed by atoms with Crippen LogP contribution in [0.3, 0.4) is 0 Å². The molecule has 0 aromatic rings. The molecule has 0 saturated heterocycles. The van der Waals surface area contributed by atoms with Gasteiger partial charge in [-0.05, 0) is 13.3 Å². The third-order valence-corrected chi connectivity index (χ3v) is 1.37. The number of aliphatic imine (C=N–C) groups is 1. The maximum atomic E-state index is 10.9. The summed E-state index contributed by atoms with van der Waals surface area (Å²) < 4.78 is 4.88. The third-order valence-electron chi connectivity index (χ3n) is 1.37. The summed E-state index contributed by atoms with van der Waals surface area (Å²) in [5.74, 6) is 0.191. The van der Waals surface area contributed by atoms with E-state index in [0.717, 1.165) is 6.42 Å². The zero-order valence-electron chi connectivity index (χ0n) is 6.59. The molecule has 0 fully saturated rings. The fourth-order valence-corrected chi connectivity index (χ4v) is 0.817. The predicted molar refractivity (Wildman–Crippen MR) is 42.4 cm³/mol. The Kier molecular flexibility index (Phi) is 2.41. The topological polar surface area (TPSA) is 38.7 Å². The van der Waals surface area contributed by atoms with E-state index in [2.05, 4.69) is 11.6 Å². The van der Waals surface area contributed by atoms with Crippen molar-refractivity contribution in [3.63, 3.8) is 0 Å². The van der Waals surface area contributed by atoms with Crippen LogP contribution in [0.25, 0.3) is 0 Å². The molecule has 1 aliphatic rings. The largest absolute Gasteiger partial charge is 0.408 e. The van der Waals surface area contributed by atoms with Gasteiger partial charge < -0.3 is 4.74 Å². The average Bonchev–Trinajstić information content (AvgIpc) is 2.13. The van der Waals surface area contributed by atoms with Crippen LogP contribution < -0.4 is 0 Å². The van der Waals surface area contributed by atoms with E-state index in [4.69, 9.17) is 4.74 Å². The van der Waals surface area contributed by atoms with Crippen molar-refractivity contribution >= 4 is 11.9 Å². The summed E-state index contributed by atoms with van der Waals surface area (Å²) in [4.78, 5) is 14.9.